The molecule has 1 aromatic carbocycles. The quantitative estimate of drug-likeness (QED) is 0.607. The maximum Gasteiger partial charge on any atom is 0.240 e. The number of anilines is 1. The minimum atomic E-state index is -3.74. The molecule has 2 aromatic heterocycles. The number of hydrogen-bond donors (Lipinski definition) is 1. The third kappa shape index (κ3) is 4.61. The first-order valence-electron chi connectivity index (χ1n) is 10.2. The fourth-order valence-corrected chi connectivity index (χ4v) is 5.00. The Balaban J connectivity index is 1.72. The van der Waals surface area contributed by atoms with Gasteiger partial charge in [0.25, 0.3) is 0 Å². The van der Waals surface area contributed by atoms with Crippen LogP contribution in [0.15, 0.2) is 54.9 Å². The predicted molar refractivity (Wildman–Crippen MR) is 125 cm³/mol. The molecule has 4 rings (SSSR count). The van der Waals surface area contributed by atoms with Crippen LogP contribution in [0.4, 0.5) is 5.82 Å². The molecule has 2 atom stereocenters. The largest absolute Gasteiger partial charge is 0.376 e. The van der Waals surface area contributed by atoms with Crippen molar-refractivity contribution in [3.63, 3.8) is 0 Å². The number of hydrogen-bond acceptors (Lipinski definition) is 7. The summed E-state index contributed by atoms with van der Waals surface area (Å²) in [6.07, 6.45) is 3.40. The van der Waals surface area contributed by atoms with Gasteiger partial charge in [0, 0.05) is 60.3 Å². The van der Waals surface area contributed by atoms with Crippen LogP contribution in [0.2, 0.25) is 5.02 Å². The molecule has 168 valence electrons. The van der Waals surface area contributed by atoms with Crippen LogP contribution in [0, 0.1) is 0 Å². The molecular formula is C22H24ClN5O3S. The van der Waals surface area contributed by atoms with Gasteiger partial charge in [-0.15, -0.1) is 0 Å². The normalized spacial score (nSPS) is 18.5. The molecule has 10 heteroatoms. The van der Waals surface area contributed by atoms with Crippen LogP contribution >= 0.6 is 11.6 Å². The number of halogens is 1. The Bertz CT molecular complexity index is 1190. The van der Waals surface area contributed by atoms with Gasteiger partial charge < -0.3 is 10.0 Å². The minimum absolute atomic E-state index is 0.146. The van der Waals surface area contributed by atoms with E-state index in [0.29, 0.717) is 23.2 Å². The smallest absolute Gasteiger partial charge is 0.240 e. The van der Waals surface area contributed by atoms with Crippen LogP contribution in [0.5, 0.6) is 0 Å². The van der Waals surface area contributed by atoms with E-state index in [9.17, 15) is 13.5 Å². The Morgan fingerprint density at radius 3 is 2.50 bits per heavy atom. The van der Waals surface area contributed by atoms with Crippen molar-refractivity contribution in [1.82, 2.24) is 19.3 Å². The summed E-state index contributed by atoms with van der Waals surface area (Å²) < 4.78 is 26.1. The summed E-state index contributed by atoms with van der Waals surface area (Å²) >= 11 is 6.05. The molecule has 1 fully saturated rings. The van der Waals surface area contributed by atoms with E-state index in [-0.39, 0.29) is 19.1 Å². The number of aliphatic hydroxyl groups is 1. The van der Waals surface area contributed by atoms with Crippen molar-refractivity contribution in [2.45, 2.75) is 25.3 Å². The number of piperazine rings is 1. The number of pyridine rings is 1. The molecule has 0 bridgehead atoms. The topological polar surface area (TPSA) is 99.5 Å². The number of aliphatic hydroxyl groups excluding tert-OH is 1. The van der Waals surface area contributed by atoms with Crippen LogP contribution in [0.1, 0.15) is 13.8 Å². The summed E-state index contributed by atoms with van der Waals surface area (Å²) in [5.41, 5.74) is 0.976. The molecule has 0 radical (unpaired) electrons. The van der Waals surface area contributed by atoms with E-state index in [1.807, 2.05) is 49.4 Å². The van der Waals surface area contributed by atoms with Gasteiger partial charge in [-0.05, 0) is 38.1 Å². The first-order chi connectivity index (χ1) is 15.3. The molecule has 0 amide bonds. The number of rotatable bonds is 5. The van der Waals surface area contributed by atoms with Gasteiger partial charge in [0.15, 0.2) is 11.3 Å². The van der Waals surface area contributed by atoms with Gasteiger partial charge in [0.05, 0.1) is 5.69 Å². The van der Waals surface area contributed by atoms with E-state index in [1.165, 1.54) is 11.2 Å². The fraction of sp³-hybridized carbons (Fsp3) is 0.318. The van der Waals surface area contributed by atoms with Crippen molar-refractivity contribution in [2.24, 2.45) is 0 Å². The first kappa shape index (κ1) is 22.6. The van der Waals surface area contributed by atoms with Gasteiger partial charge >= 0.3 is 0 Å². The third-order valence-electron chi connectivity index (χ3n) is 5.45. The van der Waals surface area contributed by atoms with Crippen LogP contribution < -0.4 is 4.90 Å². The molecule has 1 N–H and O–H groups in total. The molecule has 8 nitrogen and oxygen atoms in total. The zero-order chi connectivity index (χ0) is 22.9. The zero-order valence-corrected chi connectivity index (χ0v) is 19.3. The fourth-order valence-electron chi connectivity index (χ4n) is 3.69. The van der Waals surface area contributed by atoms with Crippen molar-refractivity contribution >= 4 is 27.4 Å². The monoisotopic (exact) mass is 473 g/mol. The molecule has 2 unspecified atom stereocenters. The highest BCUT2D eigenvalue weighted by atomic mass is 35.5. The molecule has 0 spiro atoms. The van der Waals surface area contributed by atoms with Crippen molar-refractivity contribution in [3.05, 3.63) is 59.9 Å². The predicted octanol–water partition coefficient (Wildman–Crippen LogP) is 3.04. The number of aromatic nitrogens is 3. The summed E-state index contributed by atoms with van der Waals surface area (Å²) in [5, 5.41) is 10.3. The van der Waals surface area contributed by atoms with E-state index in [2.05, 4.69) is 9.88 Å². The summed E-state index contributed by atoms with van der Waals surface area (Å²) in [5.74, 6) is 1.23. The number of sulfonamides is 1. The van der Waals surface area contributed by atoms with Crippen LogP contribution in [0.25, 0.3) is 22.6 Å². The lowest BCUT2D eigenvalue weighted by atomic mass is 10.1. The molecule has 3 aromatic rings. The second kappa shape index (κ2) is 9.11. The SMILES string of the molecule is CC1CN(S(=O)(=O)C(C)O)CCN1c1cc(-c2ccc(Cl)cc2)nc(-c2cccnc2)n1. The second-order valence-corrected chi connectivity index (χ2v) is 10.4. The Morgan fingerprint density at radius 1 is 1.12 bits per heavy atom. The van der Waals surface area contributed by atoms with E-state index in [0.717, 1.165) is 16.8 Å². The Labute approximate surface area is 192 Å². The highest BCUT2D eigenvalue weighted by molar-refractivity contribution is 7.89. The molecular weight excluding hydrogens is 450 g/mol. The number of nitrogens with zero attached hydrogens (tertiary/aromatic N) is 5. The summed E-state index contributed by atoms with van der Waals surface area (Å²) in [6.45, 7) is 4.18. The van der Waals surface area contributed by atoms with E-state index >= 15 is 0 Å². The molecule has 1 aliphatic rings. The third-order valence-corrected chi connectivity index (χ3v) is 7.61. The van der Waals surface area contributed by atoms with Crippen LogP contribution in [-0.2, 0) is 10.0 Å². The summed E-state index contributed by atoms with van der Waals surface area (Å²) in [4.78, 5) is 15.8. The van der Waals surface area contributed by atoms with Crippen molar-refractivity contribution in [2.75, 3.05) is 24.5 Å². The van der Waals surface area contributed by atoms with Crippen molar-refractivity contribution in [3.8, 4) is 22.6 Å². The van der Waals surface area contributed by atoms with Gasteiger partial charge in [0.2, 0.25) is 10.0 Å². The molecule has 3 heterocycles. The van der Waals surface area contributed by atoms with E-state index in [1.54, 1.807) is 12.4 Å². The number of benzene rings is 1. The Morgan fingerprint density at radius 2 is 1.88 bits per heavy atom. The average Bonchev–Trinajstić information content (AvgIpc) is 2.79. The minimum Gasteiger partial charge on any atom is -0.376 e. The van der Waals surface area contributed by atoms with Crippen LogP contribution in [-0.4, -0.2) is 63.9 Å². The van der Waals surface area contributed by atoms with E-state index in [4.69, 9.17) is 21.6 Å². The molecule has 0 saturated carbocycles. The van der Waals surface area contributed by atoms with E-state index < -0.39 is 15.5 Å². The van der Waals surface area contributed by atoms with Crippen molar-refractivity contribution in [1.29, 1.82) is 0 Å². The van der Waals surface area contributed by atoms with Gasteiger partial charge in [-0.3, -0.25) is 4.98 Å². The Hall–Kier alpha value is -2.59. The van der Waals surface area contributed by atoms with Crippen molar-refractivity contribution < 1.29 is 13.5 Å². The lowest BCUT2D eigenvalue weighted by Crippen LogP contribution is -2.55. The lowest BCUT2D eigenvalue weighted by Gasteiger charge is -2.40. The maximum absolute atomic E-state index is 12.4. The highest BCUT2D eigenvalue weighted by Crippen LogP contribution is 2.29. The lowest BCUT2D eigenvalue weighted by molar-refractivity contribution is 0.244. The second-order valence-electron chi connectivity index (χ2n) is 7.73. The summed E-state index contributed by atoms with van der Waals surface area (Å²) in [6, 6.07) is 12.9. The first-order valence-corrected chi connectivity index (χ1v) is 12.1. The molecule has 1 aliphatic heterocycles. The average molecular weight is 474 g/mol. The van der Waals surface area contributed by atoms with Gasteiger partial charge in [-0.25, -0.2) is 18.4 Å². The molecule has 1 saturated heterocycles. The summed E-state index contributed by atoms with van der Waals surface area (Å²) in [7, 11) is -3.74. The Kier molecular flexibility index (Phi) is 6.43. The standard InChI is InChI=1S/C22H24ClN5O3S/c1-15-14-27(32(30,31)16(2)29)10-11-28(15)21-12-20(17-5-7-19(23)8-6-17)25-22(26-21)18-4-3-9-24-13-18/h3-9,12-13,15-16,29H,10-11,14H2,1-2H3. The zero-order valence-electron chi connectivity index (χ0n) is 17.8. The highest BCUT2D eigenvalue weighted by Gasteiger charge is 2.34. The van der Waals surface area contributed by atoms with Gasteiger partial charge in [-0.1, -0.05) is 23.7 Å². The van der Waals surface area contributed by atoms with Crippen LogP contribution in [0.3, 0.4) is 0 Å². The van der Waals surface area contributed by atoms with Gasteiger partial charge in [0.1, 0.15) is 5.82 Å². The molecule has 0 aliphatic carbocycles. The maximum atomic E-state index is 12.4. The molecule has 32 heavy (non-hydrogen) atoms. The van der Waals surface area contributed by atoms with Gasteiger partial charge in [-0.2, -0.15) is 4.31 Å².